The maximum absolute atomic E-state index is 13.3. The third kappa shape index (κ3) is 5.12. The zero-order valence-electron chi connectivity index (χ0n) is 19.1. The lowest BCUT2D eigenvalue weighted by atomic mass is 10.0. The SMILES string of the molecule is Cc1cc([C@@H](C)Nc2ccc(Cl)nc2C(=O)O)c2nc(N3CCO[C@H](C(F)(F)F)C3)c(C#N)nc2c1. The zero-order chi connectivity index (χ0) is 26.2. The summed E-state index contributed by atoms with van der Waals surface area (Å²) in [6, 6.07) is 7.88. The number of nitrogens with one attached hydrogen (secondary N) is 1. The molecule has 188 valence electrons. The van der Waals surface area contributed by atoms with Gasteiger partial charge in [-0.05, 0) is 37.6 Å². The van der Waals surface area contributed by atoms with Gasteiger partial charge in [-0.1, -0.05) is 17.7 Å². The van der Waals surface area contributed by atoms with Gasteiger partial charge in [0, 0.05) is 12.1 Å². The first kappa shape index (κ1) is 25.4. The molecule has 9 nitrogen and oxygen atoms in total. The Morgan fingerprint density at radius 3 is 2.75 bits per heavy atom. The van der Waals surface area contributed by atoms with E-state index in [4.69, 9.17) is 16.3 Å². The van der Waals surface area contributed by atoms with Gasteiger partial charge in [0.25, 0.3) is 0 Å². The van der Waals surface area contributed by atoms with Crippen LogP contribution in [0, 0.1) is 18.3 Å². The van der Waals surface area contributed by atoms with Crippen molar-refractivity contribution in [1.29, 1.82) is 5.26 Å². The first-order valence-corrected chi connectivity index (χ1v) is 11.2. The Kier molecular flexibility index (Phi) is 6.88. The van der Waals surface area contributed by atoms with Crippen LogP contribution in [0.3, 0.4) is 0 Å². The molecule has 3 aromatic rings. The number of hydrogen-bond acceptors (Lipinski definition) is 8. The summed E-state index contributed by atoms with van der Waals surface area (Å²) in [5.74, 6) is -1.24. The van der Waals surface area contributed by atoms with Gasteiger partial charge in [-0.25, -0.2) is 19.7 Å². The molecule has 0 radical (unpaired) electrons. The van der Waals surface area contributed by atoms with E-state index in [2.05, 4.69) is 20.3 Å². The van der Waals surface area contributed by atoms with Crippen molar-refractivity contribution in [2.45, 2.75) is 32.2 Å². The van der Waals surface area contributed by atoms with Crippen LogP contribution in [0.2, 0.25) is 5.15 Å². The van der Waals surface area contributed by atoms with Gasteiger partial charge in [-0.2, -0.15) is 18.4 Å². The minimum atomic E-state index is -4.56. The number of halogens is 4. The molecule has 36 heavy (non-hydrogen) atoms. The van der Waals surface area contributed by atoms with Gasteiger partial charge in [-0.15, -0.1) is 0 Å². The second-order valence-electron chi connectivity index (χ2n) is 8.28. The number of nitriles is 1. The number of morpholine rings is 1. The average molecular weight is 521 g/mol. The highest BCUT2D eigenvalue weighted by atomic mass is 35.5. The molecular weight excluding hydrogens is 501 g/mol. The smallest absolute Gasteiger partial charge is 0.416 e. The lowest BCUT2D eigenvalue weighted by Crippen LogP contribution is -2.49. The van der Waals surface area contributed by atoms with Gasteiger partial charge in [0.15, 0.2) is 23.3 Å². The maximum Gasteiger partial charge on any atom is 0.416 e. The molecule has 3 heterocycles. The fourth-order valence-electron chi connectivity index (χ4n) is 4.01. The second kappa shape index (κ2) is 9.75. The van der Waals surface area contributed by atoms with Crippen molar-refractivity contribution in [2.24, 2.45) is 0 Å². The minimum absolute atomic E-state index is 0.0221. The second-order valence-corrected chi connectivity index (χ2v) is 8.67. The molecular formula is C23H20ClF3N6O3. The molecule has 1 aliphatic heterocycles. The Labute approximate surface area is 208 Å². The topological polar surface area (TPSA) is 124 Å². The van der Waals surface area contributed by atoms with Gasteiger partial charge >= 0.3 is 12.1 Å². The Balaban J connectivity index is 1.78. The molecule has 0 spiro atoms. The van der Waals surface area contributed by atoms with E-state index in [1.807, 2.05) is 19.1 Å². The molecule has 13 heteroatoms. The standard InChI is InChI=1S/C23H20ClF3N6O3/c1-11-7-13(12(2)29-14-3-4-18(24)31-20(14)22(34)35)19-15(8-11)30-16(9-28)21(32-19)33-5-6-36-17(10-33)23(25,26)27/h3-4,7-8,12,17,29H,5-6,10H2,1-2H3,(H,34,35)/t12-,17+/m1/s1. The van der Waals surface area contributed by atoms with E-state index in [1.54, 1.807) is 13.0 Å². The Morgan fingerprint density at radius 1 is 1.33 bits per heavy atom. The number of aromatic carboxylic acids is 1. The summed E-state index contributed by atoms with van der Waals surface area (Å²) < 4.78 is 44.7. The number of pyridine rings is 1. The molecule has 1 aromatic carbocycles. The number of hydrogen-bond donors (Lipinski definition) is 2. The molecule has 2 atom stereocenters. The summed E-state index contributed by atoms with van der Waals surface area (Å²) in [5.41, 5.74) is 2.00. The molecule has 0 aliphatic carbocycles. The van der Waals surface area contributed by atoms with Crippen LogP contribution >= 0.6 is 11.6 Å². The number of carbonyl (C=O) groups is 1. The third-order valence-corrected chi connectivity index (χ3v) is 5.88. The van der Waals surface area contributed by atoms with Crippen LogP contribution in [-0.2, 0) is 4.74 Å². The summed E-state index contributed by atoms with van der Waals surface area (Å²) in [7, 11) is 0. The number of aryl methyl sites for hydroxylation is 1. The van der Waals surface area contributed by atoms with Gasteiger partial charge < -0.3 is 20.1 Å². The Hall–Kier alpha value is -3.69. The quantitative estimate of drug-likeness (QED) is 0.468. The molecule has 4 rings (SSSR count). The van der Waals surface area contributed by atoms with Crippen molar-refractivity contribution in [2.75, 3.05) is 29.9 Å². The molecule has 0 unspecified atom stereocenters. The van der Waals surface area contributed by atoms with E-state index < -0.39 is 30.8 Å². The lowest BCUT2D eigenvalue weighted by molar-refractivity contribution is -0.221. The fourth-order valence-corrected chi connectivity index (χ4v) is 4.16. The number of alkyl halides is 3. The summed E-state index contributed by atoms with van der Waals surface area (Å²) in [6.45, 7) is 2.98. The molecule has 0 amide bonds. The predicted octanol–water partition coefficient (Wildman–Crippen LogP) is 4.50. The highest BCUT2D eigenvalue weighted by Crippen LogP contribution is 2.32. The van der Waals surface area contributed by atoms with Gasteiger partial charge in [0.05, 0.1) is 35.9 Å². The largest absolute Gasteiger partial charge is 0.476 e. The van der Waals surface area contributed by atoms with Crippen molar-refractivity contribution in [1.82, 2.24) is 15.0 Å². The van der Waals surface area contributed by atoms with Gasteiger partial charge in [0.2, 0.25) is 0 Å². The van der Waals surface area contributed by atoms with Crippen molar-refractivity contribution in [3.63, 3.8) is 0 Å². The van der Waals surface area contributed by atoms with E-state index >= 15 is 0 Å². The number of ether oxygens (including phenoxy) is 1. The number of benzene rings is 1. The van der Waals surface area contributed by atoms with E-state index in [0.29, 0.717) is 16.6 Å². The van der Waals surface area contributed by atoms with Crippen LogP contribution in [0.5, 0.6) is 0 Å². The van der Waals surface area contributed by atoms with Crippen molar-refractivity contribution in [3.8, 4) is 6.07 Å². The van der Waals surface area contributed by atoms with Crippen molar-refractivity contribution in [3.05, 3.63) is 51.9 Å². The number of carboxylic acid groups (broad SMARTS) is 1. The highest BCUT2D eigenvalue weighted by Gasteiger charge is 2.44. The predicted molar refractivity (Wildman–Crippen MR) is 125 cm³/mol. The summed E-state index contributed by atoms with van der Waals surface area (Å²) in [6.07, 6.45) is -6.58. The molecule has 1 fully saturated rings. The van der Waals surface area contributed by atoms with E-state index in [0.717, 1.165) is 5.56 Å². The molecule has 0 saturated carbocycles. The normalized spacial score (nSPS) is 17.0. The molecule has 1 aliphatic rings. The monoisotopic (exact) mass is 520 g/mol. The first-order chi connectivity index (χ1) is 17.0. The summed E-state index contributed by atoms with van der Waals surface area (Å²) in [5, 5.41) is 22.3. The molecule has 2 aromatic heterocycles. The van der Waals surface area contributed by atoms with E-state index in [9.17, 15) is 28.3 Å². The zero-order valence-corrected chi connectivity index (χ0v) is 19.9. The summed E-state index contributed by atoms with van der Waals surface area (Å²) >= 11 is 5.84. The van der Waals surface area contributed by atoms with Crippen LogP contribution in [-0.4, -0.2) is 58.0 Å². The number of carboxylic acids is 1. The number of fused-ring (bicyclic) bond motifs is 1. The van der Waals surface area contributed by atoms with Gasteiger partial charge in [0.1, 0.15) is 11.2 Å². The van der Waals surface area contributed by atoms with Crippen LogP contribution in [0.25, 0.3) is 11.0 Å². The molecule has 0 bridgehead atoms. The molecule has 2 N–H and O–H groups in total. The fraction of sp³-hybridized carbons (Fsp3) is 0.348. The summed E-state index contributed by atoms with van der Waals surface area (Å²) in [4.78, 5) is 25.8. The molecule has 1 saturated heterocycles. The number of aromatic nitrogens is 3. The lowest BCUT2D eigenvalue weighted by Gasteiger charge is -2.34. The first-order valence-electron chi connectivity index (χ1n) is 10.8. The van der Waals surface area contributed by atoms with Gasteiger partial charge in [-0.3, -0.25) is 0 Å². The Bertz CT molecular complexity index is 1380. The third-order valence-electron chi connectivity index (χ3n) is 5.66. The van der Waals surface area contributed by atoms with Crippen LogP contribution in [0.15, 0.2) is 24.3 Å². The van der Waals surface area contributed by atoms with E-state index in [-0.39, 0.29) is 41.2 Å². The minimum Gasteiger partial charge on any atom is -0.476 e. The van der Waals surface area contributed by atoms with Crippen molar-refractivity contribution >= 4 is 40.1 Å². The Morgan fingerprint density at radius 2 is 2.08 bits per heavy atom. The van der Waals surface area contributed by atoms with Crippen LogP contribution in [0.1, 0.15) is 40.3 Å². The van der Waals surface area contributed by atoms with Crippen molar-refractivity contribution < 1.29 is 27.8 Å². The number of anilines is 2. The highest BCUT2D eigenvalue weighted by molar-refractivity contribution is 6.29. The van der Waals surface area contributed by atoms with Crippen LogP contribution in [0.4, 0.5) is 24.7 Å². The number of nitrogens with zero attached hydrogens (tertiary/aromatic N) is 5. The average Bonchev–Trinajstić information content (AvgIpc) is 2.83. The van der Waals surface area contributed by atoms with Crippen LogP contribution < -0.4 is 10.2 Å². The van der Waals surface area contributed by atoms with E-state index in [1.165, 1.54) is 17.0 Å². The number of rotatable bonds is 5. The maximum atomic E-state index is 13.3.